The second-order valence-electron chi connectivity index (χ2n) is 5.97. The first kappa shape index (κ1) is 16.9. The van der Waals surface area contributed by atoms with E-state index in [4.69, 9.17) is 0 Å². The van der Waals surface area contributed by atoms with Crippen molar-refractivity contribution in [3.8, 4) is 0 Å². The molecule has 0 saturated carbocycles. The summed E-state index contributed by atoms with van der Waals surface area (Å²) in [6.45, 7) is 1.72. The Labute approximate surface area is 140 Å². The molecule has 0 spiro atoms. The molecule has 0 amide bonds. The lowest BCUT2D eigenvalue weighted by Crippen LogP contribution is -2.32. The van der Waals surface area contributed by atoms with Crippen molar-refractivity contribution in [2.75, 3.05) is 18.0 Å². The molecule has 2 aromatic carbocycles. The van der Waals surface area contributed by atoms with Gasteiger partial charge < -0.3 is 4.90 Å². The fourth-order valence-electron chi connectivity index (χ4n) is 3.15. The van der Waals surface area contributed by atoms with Crippen LogP contribution < -0.4 is 4.90 Å². The first-order valence-electron chi connectivity index (χ1n) is 7.90. The highest BCUT2D eigenvalue weighted by atomic mass is 32.2. The van der Waals surface area contributed by atoms with Gasteiger partial charge in [0.05, 0.1) is 4.90 Å². The zero-order valence-electron chi connectivity index (χ0n) is 13.1. The number of hydrogen-bond acceptors (Lipinski definition) is 3. The lowest BCUT2D eigenvalue weighted by molar-refractivity contribution is 0.234. The minimum absolute atomic E-state index is 0.333. The quantitative estimate of drug-likeness (QED) is 0.833. The van der Waals surface area contributed by atoms with Crippen LogP contribution in [0.1, 0.15) is 24.3 Å². The Bertz CT molecular complexity index is 768. The minimum Gasteiger partial charge on any atom is -0.371 e. The lowest BCUT2D eigenvalue weighted by Gasteiger charge is -2.34. The second kappa shape index (κ2) is 6.89. The minimum atomic E-state index is -4.52. The van der Waals surface area contributed by atoms with Gasteiger partial charge in [0.25, 0.3) is 0 Å². The average Bonchev–Trinajstić information content (AvgIpc) is 2.62. The number of rotatable bonds is 4. The molecule has 0 radical (unpaired) electrons. The van der Waals surface area contributed by atoms with Crippen LogP contribution in [0.15, 0.2) is 59.5 Å². The van der Waals surface area contributed by atoms with Crippen LogP contribution in [0.3, 0.4) is 0 Å². The molecular formula is C18H19F2NO2S. The van der Waals surface area contributed by atoms with Crippen LogP contribution in [0.4, 0.5) is 14.5 Å². The summed E-state index contributed by atoms with van der Waals surface area (Å²) in [6.07, 6.45) is 2.03. The zero-order valence-corrected chi connectivity index (χ0v) is 13.9. The molecule has 128 valence electrons. The third kappa shape index (κ3) is 3.43. The van der Waals surface area contributed by atoms with Gasteiger partial charge in [0, 0.05) is 18.8 Å². The summed E-state index contributed by atoms with van der Waals surface area (Å²) in [4.78, 5) is 1.83. The van der Waals surface area contributed by atoms with E-state index in [-0.39, 0.29) is 4.90 Å². The van der Waals surface area contributed by atoms with Crippen molar-refractivity contribution in [2.45, 2.75) is 29.4 Å². The number of halogens is 2. The van der Waals surface area contributed by atoms with Gasteiger partial charge >= 0.3 is 5.76 Å². The SMILES string of the molecule is O=S(=O)(c1ccc(N2CCC(c3ccccc3)CC2)cc1)C(F)F. The molecule has 3 rings (SSSR count). The number of sulfone groups is 1. The summed E-state index contributed by atoms with van der Waals surface area (Å²) < 4.78 is 48.0. The third-order valence-corrected chi connectivity index (χ3v) is 5.93. The monoisotopic (exact) mass is 351 g/mol. The van der Waals surface area contributed by atoms with Crippen LogP contribution in [0.2, 0.25) is 0 Å². The topological polar surface area (TPSA) is 37.4 Å². The fraction of sp³-hybridized carbons (Fsp3) is 0.333. The van der Waals surface area contributed by atoms with Crippen molar-refractivity contribution in [1.82, 2.24) is 0 Å². The molecule has 6 heteroatoms. The normalized spacial score (nSPS) is 16.5. The maximum atomic E-state index is 12.6. The highest BCUT2D eigenvalue weighted by Gasteiger charge is 2.27. The number of piperidine rings is 1. The van der Waals surface area contributed by atoms with Crippen molar-refractivity contribution in [2.24, 2.45) is 0 Å². The summed E-state index contributed by atoms with van der Waals surface area (Å²) in [5.74, 6) is -2.86. The molecule has 0 N–H and O–H groups in total. The number of anilines is 1. The molecule has 24 heavy (non-hydrogen) atoms. The lowest BCUT2D eigenvalue weighted by atomic mass is 9.89. The Hall–Kier alpha value is -1.95. The molecule has 0 aromatic heterocycles. The molecule has 1 heterocycles. The number of hydrogen-bond donors (Lipinski definition) is 0. The Morgan fingerprint density at radius 3 is 2.04 bits per heavy atom. The van der Waals surface area contributed by atoms with Gasteiger partial charge in [-0.15, -0.1) is 0 Å². The molecule has 1 saturated heterocycles. The van der Waals surface area contributed by atoms with Gasteiger partial charge in [0.2, 0.25) is 9.84 Å². The van der Waals surface area contributed by atoms with Crippen molar-refractivity contribution in [1.29, 1.82) is 0 Å². The second-order valence-corrected chi connectivity index (χ2v) is 7.89. The molecule has 1 aliphatic rings. The Morgan fingerprint density at radius 1 is 0.917 bits per heavy atom. The highest BCUT2D eigenvalue weighted by Crippen LogP contribution is 2.31. The van der Waals surface area contributed by atoms with Crippen LogP contribution in [0.25, 0.3) is 0 Å². The van der Waals surface area contributed by atoms with Crippen LogP contribution in [-0.4, -0.2) is 27.3 Å². The Kier molecular flexibility index (Phi) is 4.85. The summed E-state index contributed by atoms with van der Waals surface area (Å²) in [7, 11) is -4.52. The van der Waals surface area contributed by atoms with Gasteiger partial charge in [-0.2, -0.15) is 8.78 Å². The van der Waals surface area contributed by atoms with Crippen molar-refractivity contribution < 1.29 is 17.2 Å². The smallest absolute Gasteiger partial charge is 0.341 e. The van der Waals surface area contributed by atoms with E-state index in [1.165, 1.54) is 17.7 Å². The molecule has 3 nitrogen and oxygen atoms in total. The zero-order chi connectivity index (χ0) is 17.2. The largest absolute Gasteiger partial charge is 0.371 e. The average molecular weight is 351 g/mol. The maximum absolute atomic E-state index is 12.6. The highest BCUT2D eigenvalue weighted by molar-refractivity contribution is 7.91. The van der Waals surface area contributed by atoms with E-state index in [2.05, 4.69) is 17.0 Å². The molecule has 0 bridgehead atoms. The molecule has 1 fully saturated rings. The predicted octanol–water partition coefficient (Wildman–Crippen LogP) is 4.07. The van der Waals surface area contributed by atoms with Gasteiger partial charge in [-0.25, -0.2) is 8.42 Å². The van der Waals surface area contributed by atoms with E-state index in [0.717, 1.165) is 31.6 Å². The first-order chi connectivity index (χ1) is 11.5. The summed E-state index contributed by atoms with van der Waals surface area (Å²) in [5, 5.41) is 0. The molecular weight excluding hydrogens is 332 g/mol. The Balaban J connectivity index is 1.67. The van der Waals surface area contributed by atoms with E-state index in [1.807, 2.05) is 18.2 Å². The van der Waals surface area contributed by atoms with Crippen molar-refractivity contribution >= 4 is 15.5 Å². The summed E-state index contributed by atoms with van der Waals surface area (Å²) >= 11 is 0. The standard InChI is InChI=1S/C18H19F2NO2S/c19-18(20)24(22,23)17-8-6-16(7-9-17)21-12-10-15(11-13-21)14-4-2-1-3-5-14/h1-9,15,18H,10-13H2. The number of benzene rings is 2. The van der Waals surface area contributed by atoms with Crippen LogP contribution in [0.5, 0.6) is 0 Å². The van der Waals surface area contributed by atoms with E-state index in [1.54, 1.807) is 12.1 Å². The van der Waals surface area contributed by atoms with Gasteiger partial charge in [0.1, 0.15) is 0 Å². The van der Waals surface area contributed by atoms with Gasteiger partial charge in [0.15, 0.2) is 0 Å². The van der Waals surface area contributed by atoms with E-state index in [9.17, 15) is 17.2 Å². The van der Waals surface area contributed by atoms with E-state index >= 15 is 0 Å². The third-order valence-electron chi connectivity index (χ3n) is 4.53. The van der Waals surface area contributed by atoms with Crippen molar-refractivity contribution in [3.63, 3.8) is 0 Å². The van der Waals surface area contributed by atoms with E-state index in [0.29, 0.717) is 5.92 Å². The predicted molar refractivity (Wildman–Crippen MR) is 90.3 cm³/mol. The van der Waals surface area contributed by atoms with Crippen molar-refractivity contribution in [3.05, 3.63) is 60.2 Å². The molecule has 1 aliphatic heterocycles. The summed E-state index contributed by atoms with van der Waals surface area (Å²) in [5.41, 5.74) is 2.21. The van der Waals surface area contributed by atoms with Crippen LogP contribution in [-0.2, 0) is 9.84 Å². The first-order valence-corrected chi connectivity index (χ1v) is 9.45. The Morgan fingerprint density at radius 2 is 1.50 bits per heavy atom. The van der Waals surface area contributed by atoms with E-state index < -0.39 is 15.6 Å². The number of nitrogens with zero attached hydrogens (tertiary/aromatic N) is 1. The fourth-order valence-corrected chi connectivity index (χ4v) is 3.87. The number of alkyl halides is 2. The van der Waals surface area contributed by atoms with Crippen LogP contribution >= 0.6 is 0 Å². The van der Waals surface area contributed by atoms with Gasteiger partial charge in [-0.1, -0.05) is 30.3 Å². The molecule has 2 aromatic rings. The van der Waals surface area contributed by atoms with Gasteiger partial charge in [-0.3, -0.25) is 0 Å². The molecule has 0 atom stereocenters. The summed E-state index contributed by atoms with van der Waals surface area (Å²) in [6, 6.07) is 16.1. The molecule has 0 unspecified atom stereocenters. The maximum Gasteiger partial charge on any atom is 0.341 e. The van der Waals surface area contributed by atoms with Gasteiger partial charge in [-0.05, 0) is 48.6 Å². The van der Waals surface area contributed by atoms with Crippen LogP contribution in [0, 0.1) is 0 Å². The molecule has 0 aliphatic carbocycles.